The number of carbonyl (C=O) groups excluding carboxylic acids is 14. The maximum Gasteiger partial charge on any atom is 0.846 e. The fraction of sp³-hybridized carbons (Fsp3) is 0.471. The zero-order valence-corrected chi connectivity index (χ0v) is 72.6. The Morgan fingerprint density at radius 2 is 0.909 bits per heavy atom. The number of aromatic nitrogens is 1. The highest BCUT2D eigenvalue weighted by atomic mass is 19.1. The molecule has 9 atom stereocenters. The van der Waals surface area contributed by atoms with Gasteiger partial charge in [-0.2, -0.15) is 0 Å². The van der Waals surface area contributed by atoms with E-state index in [0.717, 1.165) is 17.0 Å². The van der Waals surface area contributed by atoms with Crippen molar-refractivity contribution < 1.29 is 120 Å². The predicted molar refractivity (Wildman–Crippen MR) is 472 cm³/mol. The lowest BCUT2D eigenvalue weighted by atomic mass is 9.95. The number of benzene rings is 3. The van der Waals surface area contributed by atoms with Crippen molar-refractivity contribution in [2.24, 2.45) is 11.5 Å². The number of hydrogen-bond donors (Lipinski definition) is 24. The number of aliphatic carboxylic acids is 2. The van der Waals surface area contributed by atoms with E-state index in [9.17, 15) is 97.1 Å². The first-order valence-electron chi connectivity index (χ1n) is 43.2. The van der Waals surface area contributed by atoms with E-state index in [0.29, 0.717) is 22.5 Å². The quantitative estimate of drug-likeness (QED) is 0.00860. The molecule has 0 bridgehead atoms. The Labute approximate surface area is 758 Å². The van der Waals surface area contributed by atoms with Crippen molar-refractivity contribution in [3.63, 3.8) is 0 Å². The van der Waals surface area contributed by atoms with Crippen LogP contribution in [0.4, 0.5) is 4.32 Å². The van der Waals surface area contributed by atoms with Crippen molar-refractivity contribution in [1.29, 1.82) is 10.8 Å². The molecule has 45 nitrogen and oxygen atoms in total. The normalized spacial score (nSPS) is 19.5. The topological polar surface area (TPSA) is 682 Å². The minimum atomic E-state index is -1.78. The van der Waals surface area contributed by atoms with E-state index in [1.807, 2.05) is 54.6 Å². The maximum absolute atomic E-state index is 16.3. The number of unbranched alkanes of at least 4 members (excludes halogenated alkanes) is 2. The molecule has 4 aliphatic heterocycles. The summed E-state index contributed by atoms with van der Waals surface area (Å²) in [5.74, 6) is -16.4. The molecule has 0 saturated carbocycles. The number of amides is 14. The Morgan fingerprint density at radius 3 is 1.41 bits per heavy atom. The van der Waals surface area contributed by atoms with Gasteiger partial charge in [-0.3, -0.25) is 92.0 Å². The van der Waals surface area contributed by atoms with Gasteiger partial charge in [-0.25, -0.2) is 8.80 Å². The average molecular weight is 1840 g/mol. The lowest BCUT2D eigenvalue weighted by molar-refractivity contribution is -0.335. The van der Waals surface area contributed by atoms with E-state index in [4.69, 9.17) is 36.5 Å². The Kier molecular flexibility index (Phi) is 41.8. The van der Waals surface area contributed by atoms with Crippen LogP contribution in [-0.4, -0.2) is 289 Å². The van der Waals surface area contributed by atoms with Crippen LogP contribution in [0.1, 0.15) is 120 Å². The molecule has 26 N–H and O–H groups in total. The third-order valence-electron chi connectivity index (χ3n) is 21.1. The van der Waals surface area contributed by atoms with Gasteiger partial charge in [-0.15, -0.1) is 0 Å². The Hall–Kier alpha value is -14.4. The summed E-state index contributed by atoms with van der Waals surface area (Å²) in [6.07, 6.45) is 2.52. The lowest BCUT2D eigenvalue weighted by Gasteiger charge is -2.26. The molecule has 14 amide bonds. The first kappa shape index (κ1) is 103. The number of phenolic OH excluding ortho intramolecular Hbond substituents is 2. The fourth-order valence-electron chi connectivity index (χ4n) is 14.4. The summed E-state index contributed by atoms with van der Waals surface area (Å²) in [6.45, 7) is -1.92. The van der Waals surface area contributed by atoms with Crippen molar-refractivity contribution in [2.45, 2.75) is 170 Å². The zero-order valence-electron chi connectivity index (χ0n) is 72.6. The number of nitrogens with zero attached hydrogens (tertiary/aromatic N) is 2. The molecule has 3 aromatic carbocycles. The number of hydrogen-bond acceptors (Lipinski definition) is 23. The van der Waals surface area contributed by atoms with Crippen molar-refractivity contribution in [1.82, 2.24) is 89.5 Å². The Morgan fingerprint density at radius 1 is 0.477 bits per heavy atom. The molecule has 0 radical (unpaired) electrons. The van der Waals surface area contributed by atoms with Crippen LogP contribution in [0, 0.1) is 10.8 Å². The van der Waals surface area contributed by atoms with E-state index in [-0.39, 0.29) is 185 Å². The van der Waals surface area contributed by atoms with Gasteiger partial charge in [0.15, 0.2) is 23.3 Å². The summed E-state index contributed by atoms with van der Waals surface area (Å²) in [7, 11) is -1.53. The molecule has 47 heteroatoms. The first-order chi connectivity index (χ1) is 63.3. The first-order valence-corrected chi connectivity index (χ1v) is 43.2. The molecule has 712 valence electrons. The highest BCUT2D eigenvalue weighted by Crippen LogP contribution is 2.31. The fourth-order valence-corrected chi connectivity index (χ4v) is 14.4. The zero-order chi connectivity index (χ0) is 95.6. The molecule has 132 heavy (non-hydrogen) atoms. The van der Waals surface area contributed by atoms with Gasteiger partial charge >= 0.3 is 19.2 Å². The van der Waals surface area contributed by atoms with Gasteiger partial charge in [0.25, 0.3) is 0 Å². The van der Waals surface area contributed by atoms with Crippen molar-refractivity contribution >= 4 is 126 Å². The largest absolute Gasteiger partial charge is 0.846 e. The molecule has 2 saturated heterocycles. The molecule has 5 heterocycles. The third-order valence-corrected chi connectivity index (χ3v) is 21.1. The van der Waals surface area contributed by atoms with E-state index < -0.39 is 195 Å². The molecular formula is C85H115BFN22O23+. The molecule has 8 rings (SSSR count). The highest BCUT2D eigenvalue weighted by Gasteiger charge is 2.48. The third kappa shape index (κ3) is 35.2. The average Bonchev–Trinajstić information content (AvgIpc) is 1.59. The number of carbonyl (C=O) groups is 16. The molecule has 4 aromatic rings. The predicted octanol–water partition coefficient (Wildman–Crippen LogP) is -4.37. The van der Waals surface area contributed by atoms with Gasteiger partial charge < -0.3 is 131 Å². The van der Waals surface area contributed by atoms with E-state index in [1.54, 1.807) is 15.0 Å². The summed E-state index contributed by atoms with van der Waals surface area (Å²) < 4.78 is 36.3. The van der Waals surface area contributed by atoms with Crippen LogP contribution >= 0.6 is 0 Å². The van der Waals surface area contributed by atoms with Gasteiger partial charge in [-0.1, -0.05) is 54.6 Å². The van der Waals surface area contributed by atoms with Crippen LogP contribution in [0.25, 0.3) is 17.3 Å². The highest BCUT2D eigenvalue weighted by molar-refractivity contribution is 6.44. The minimum absolute atomic E-state index is 0.0163. The van der Waals surface area contributed by atoms with Gasteiger partial charge in [0.05, 0.1) is 59.0 Å². The van der Waals surface area contributed by atoms with Crippen LogP contribution in [0.3, 0.4) is 0 Å². The van der Waals surface area contributed by atoms with Crippen molar-refractivity contribution in [2.75, 3.05) is 85.5 Å². The number of nitrogens with one attached hydrogen (secondary N) is 18. The van der Waals surface area contributed by atoms with Gasteiger partial charge in [0, 0.05) is 94.4 Å². The second-order valence-corrected chi connectivity index (χ2v) is 31.3. The second-order valence-electron chi connectivity index (χ2n) is 31.3. The summed E-state index contributed by atoms with van der Waals surface area (Å²) >= 11 is 0. The molecule has 0 aliphatic carbocycles. The van der Waals surface area contributed by atoms with Crippen LogP contribution in [0.5, 0.6) is 11.5 Å². The number of fused-ring (bicyclic) bond motifs is 2. The number of halogens is 1. The molecule has 2 fully saturated rings. The number of aromatic hydroxyl groups is 2. The maximum atomic E-state index is 16.3. The number of carboxylic acids is 2. The number of phenols is 2. The monoisotopic (exact) mass is 1840 g/mol. The van der Waals surface area contributed by atoms with Crippen LogP contribution in [-0.2, 0) is 104 Å². The number of nitrogens with two attached hydrogens (primary N) is 2. The molecule has 0 spiro atoms. The number of ether oxygens (including phenoxy) is 3. The molecule has 4 aliphatic rings. The van der Waals surface area contributed by atoms with Gasteiger partial charge in [-0.05, 0) is 124 Å². The molecular weight excluding hydrogens is 1730 g/mol. The van der Waals surface area contributed by atoms with Gasteiger partial charge in [0.1, 0.15) is 72.5 Å². The summed E-state index contributed by atoms with van der Waals surface area (Å²) in [6, 6.07) is 10.3. The number of guanidine groups is 2. The second kappa shape index (κ2) is 53.6. The lowest BCUT2D eigenvalue weighted by Crippen LogP contribution is -2.58. The number of rotatable bonds is 46. The minimum Gasteiger partial charge on any atom is -0.508 e. The van der Waals surface area contributed by atoms with E-state index >= 15 is 4.32 Å². The number of allylic oxidation sites excluding steroid dienone is 2. The van der Waals surface area contributed by atoms with Crippen molar-refractivity contribution in [3.05, 3.63) is 126 Å². The molecule has 0 unspecified atom stereocenters. The molecule has 1 aromatic heterocycles. The standard InChI is InChI=1S/C85H114BFN22O23/c87-86-108-53(20-21-54(108)44-55-22-29-67(109(55)86)52-10-2-1-3-11-52)23-30-68(112)93-36-37-130-38-39-131-40-41-132-49-72(116)99-62(75(121)94-33-7-5-13-61-79(125)103-59(15-9-35-96-85(90)91)77(123)98-48-71(115)101-66(46-74(119)120)83(129)107-64(81(127)105-61)43-51-18-26-57(111)27-19-51)28-31-69(113)92-32-6-4-12-60-78(124)102-58(14-8-34-95-84(88)89)76(122)97-47-70(114)100-65(45-73(117)118)82(128)106-63(80(126)104-60)42-50-16-24-56(110)25-17-50/h1-3,10-11,16-22,24-27,29,44,58-66H,4-9,12-15,23,28,30-43,45-49H2,(H25-,88,89,90,91,92,93,94,95,96,97,98,99,100,101,102,103,104,105,106,107,110,111,112,113,114,115,116,117,118,119,120,121,122,123,124,125,126,127,128,129)/p+1/t58-,59-,60-,61-,62-,63+,64+,65-,66-/m0/s1. The Balaban J connectivity index is 0.893. The Bertz CT molecular complexity index is 4850. The summed E-state index contributed by atoms with van der Waals surface area (Å²) in [4.78, 5) is 218. The van der Waals surface area contributed by atoms with E-state index in [1.165, 1.54) is 48.5 Å². The van der Waals surface area contributed by atoms with Crippen molar-refractivity contribution in [3.8, 4) is 22.8 Å². The SMILES string of the molecule is N=C(N)NCCC[C@@H]1NC(=O)[C@H](CCCCNC(=O)CC[C@H](NC(=O)COCCOCCOCCNC(=O)CCC2=[N+]3B(F)n4c(ccc4-c4ccccc4)C=C3C=C2)C(=O)NCCCC[C@@H]2NC(=O)[C@@H](Cc3ccc(O)cc3)NC(=O)[C@H](CC(=O)O)NC(=O)CNC(=O)[C@H](CCCNC(=N)N)NC2=O)NC(=O)[C@@H](Cc2ccc(O)cc2)NC(=O)[C@H](CC(=O)O)NC(=O)CNC1=O. The number of carboxylic acid groups (broad SMARTS) is 2. The smallest absolute Gasteiger partial charge is 0.508 e. The van der Waals surface area contributed by atoms with Gasteiger partial charge in [0.2, 0.25) is 82.7 Å². The van der Waals surface area contributed by atoms with Crippen LogP contribution < -0.4 is 96.5 Å². The summed E-state index contributed by atoms with van der Waals surface area (Å²) in [5, 5.41) is 95.1. The van der Waals surface area contributed by atoms with Crippen LogP contribution in [0.15, 0.2) is 109 Å². The van der Waals surface area contributed by atoms with E-state index in [2.05, 4.69) is 85.1 Å². The summed E-state index contributed by atoms with van der Waals surface area (Å²) in [5.41, 5.74) is 15.3. The van der Waals surface area contributed by atoms with Crippen LogP contribution in [0.2, 0.25) is 0 Å².